The van der Waals surface area contributed by atoms with Gasteiger partial charge in [0.1, 0.15) is 11.1 Å². The van der Waals surface area contributed by atoms with E-state index in [0.717, 1.165) is 32.5 Å². The Morgan fingerprint density at radius 3 is 2.26 bits per heavy atom. The number of carbonyl (C=O) groups is 2. The maximum atomic E-state index is 14.0. The van der Waals surface area contributed by atoms with Gasteiger partial charge in [0.2, 0.25) is 5.91 Å². The Labute approximate surface area is 250 Å². The molecule has 2 N–H and O–H groups in total. The number of aromatic nitrogens is 1. The van der Waals surface area contributed by atoms with Crippen molar-refractivity contribution in [1.29, 1.82) is 0 Å². The van der Waals surface area contributed by atoms with Crippen molar-refractivity contribution in [3.63, 3.8) is 0 Å². The van der Waals surface area contributed by atoms with Crippen LogP contribution >= 0.6 is 23.1 Å². The SMILES string of the molecule is O=C(Nc1ccc(SC(C(=O)Nc2nc(-c3ccc4ccccc4c3)cs2)c2ccccc2)cc1)c1ccccc1F. The number of rotatable bonds is 8. The lowest BCUT2D eigenvalue weighted by atomic mass is 10.1. The van der Waals surface area contributed by atoms with E-state index in [-0.39, 0.29) is 11.5 Å². The van der Waals surface area contributed by atoms with Crippen LogP contribution in [0.3, 0.4) is 0 Å². The fraction of sp³-hybridized carbons (Fsp3) is 0.0294. The highest BCUT2D eigenvalue weighted by Crippen LogP contribution is 2.37. The van der Waals surface area contributed by atoms with E-state index in [1.165, 1.54) is 41.3 Å². The molecule has 6 aromatic rings. The minimum absolute atomic E-state index is 0.0253. The van der Waals surface area contributed by atoms with Gasteiger partial charge in [-0.1, -0.05) is 78.9 Å². The normalized spacial score (nSPS) is 11.6. The van der Waals surface area contributed by atoms with Crippen molar-refractivity contribution in [2.45, 2.75) is 10.1 Å². The van der Waals surface area contributed by atoms with Crippen LogP contribution in [0.2, 0.25) is 0 Å². The van der Waals surface area contributed by atoms with Crippen LogP contribution in [0.25, 0.3) is 22.0 Å². The van der Waals surface area contributed by atoms with E-state index in [0.29, 0.717) is 10.8 Å². The van der Waals surface area contributed by atoms with E-state index in [9.17, 15) is 14.0 Å². The molecule has 1 atom stereocenters. The molecule has 0 radical (unpaired) electrons. The fourth-order valence-corrected chi connectivity index (χ4v) is 6.23. The minimum atomic E-state index is -0.580. The highest BCUT2D eigenvalue weighted by atomic mass is 32.2. The second-order valence-corrected chi connectivity index (χ2v) is 11.5. The van der Waals surface area contributed by atoms with Crippen molar-refractivity contribution in [2.75, 3.05) is 10.6 Å². The smallest absolute Gasteiger partial charge is 0.258 e. The molecule has 6 rings (SSSR count). The highest BCUT2D eigenvalue weighted by molar-refractivity contribution is 8.00. The highest BCUT2D eigenvalue weighted by Gasteiger charge is 2.23. The molecule has 2 amide bonds. The number of halogens is 1. The van der Waals surface area contributed by atoms with Gasteiger partial charge in [0.25, 0.3) is 5.91 Å². The Balaban J connectivity index is 1.17. The van der Waals surface area contributed by atoms with Crippen LogP contribution in [0, 0.1) is 5.82 Å². The first-order chi connectivity index (χ1) is 20.5. The lowest BCUT2D eigenvalue weighted by Crippen LogP contribution is -2.19. The zero-order valence-corrected chi connectivity index (χ0v) is 23.8. The van der Waals surface area contributed by atoms with E-state index in [1.807, 2.05) is 66.0 Å². The third-order valence-corrected chi connectivity index (χ3v) is 8.63. The Morgan fingerprint density at radius 2 is 1.48 bits per heavy atom. The summed E-state index contributed by atoms with van der Waals surface area (Å²) in [5.41, 5.74) is 3.14. The molecule has 0 aliphatic carbocycles. The number of anilines is 2. The van der Waals surface area contributed by atoms with Gasteiger partial charge in [-0.05, 0) is 58.8 Å². The summed E-state index contributed by atoms with van der Waals surface area (Å²) in [7, 11) is 0. The number of benzene rings is 5. The molecule has 1 aromatic heterocycles. The average molecular weight is 590 g/mol. The summed E-state index contributed by atoms with van der Waals surface area (Å²) >= 11 is 2.78. The van der Waals surface area contributed by atoms with Crippen molar-refractivity contribution in [3.8, 4) is 11.3 Å². The maximum absolute atomic E-state index is 14.0. The van der Waals surface area contributed by atoms with Crippen molar-refractivity contribution in [1.82, 2.24) is 4.98 Å². The lowest BCUT2D eigenvalue weighted by molar-refractivity contribution is -0.115. The van der Waals surface area contributed by atoms with E-state index < -0.39 is 17.0 Å². The molecule has 5 nitrogen and oxygen atoms in total. The molecule has 0 aliphatic heterocycles. The van der Waals surface area contributed by atoms with Crippen molar-refractivity contribution < 1.29 is 14.0 Å². The third kappa shape index (κ3) is 6.25. The summed E-state index contributed by atoms with van der Waals surface area (Å²) in [4.78, 5) is 31.6. The molecule has 0 aliphatic rings. The van der Waals surface area contributed by atoms with Gasteiger partial charge in [-0.25, -0.2) is 9.37 Å². The summed E-state index contributed by atoms with van der Waals surface area (Å²) in [6.07, 6.45) is 0. The van der Waals surface area contributed by atoms with Gasteiger partial charge in [0.05, 0.1) is 11.3 Å². The second-order valence-electron chi connectivity index (χ2n) is 9.46. The quantitative estimate of drug-likeness (QED) is 0.174. The van der Waals surface area contributed by atoms with Crippen LogP contribution in [0.15, 0.2) is 132 Å². The molecule has 0 spiro atoms. The summed E-state index contributed by atoms with van der Waals surface area (Å²) < 4.78 is 14.0. The van der Waals surface area contributed by atoms with Gasteiger partial charge in [0.15, 0.2) is 5.13 Å². The van der Waals surface area contributed by atoms with Crippen molar-refractivity contribution in [3.05, 3.63) is 144 Å². The van der Waals surface area contributed by atoms with Gasteiger partial charge in [-0.2, -0.15) is 0 Å². The average Bonchev–Trinajstić information content (AvgIpc) is 3.49. The molecule has 206 valence electrons. The summed E-state index contributed by atoms with van der Waals surface area (Å²) in [6, 6.07) is 36.9. The van der Waals surface area contributed by atoms with Gasteiger partial charge < -0.3 is 10.6 Å². The first-order valence-corrected chi connectivity index (χ1v) is 14.9. The monoisotopic (exact) mass is 589 g/mol. The molecular weight excluding hydrogens is 566 g/mol. The van der Waals surface area contributed by atoms with Crippen LogP contribution < -0.4 is 10.6 Å². The zero-order valence-electron chi connectivity index (χ0n) is 22.2. The Bertz CT molecular complexity index is 1870. The number of thiazole rings is 1. The first kappa shape index (κ1) is 27.4. The molecule has 1 unspecified atom stereocenters. The number of hydrogen-bond donors (Lipinski definition) is 2. The standard InChI is InChI=1S/C34H24FN3O2S2/c35-29-13-7-6-12-28(29)32(39)36-26-16-18-27(19-17-26)42-31(23-9-2-1-3-10-23)33(40)38-34-37-30(21-41-34)25-15-14-22-8-4-5-11-24(22)20-25/h1-21,31H,(H,36,39)(H,37,38,40). The Morgan fingerprint density at radius 1 is 0.762 bits per heavy atom. The van der Waals surface area contributed by atoms with Crippen LogP contribution in [-0.4, -0.2) is 16.8 Å². The topological polar surface area (TPSA) is 71.1 Å². The third-order valence-electron chi connectivity index (χ3n) is 6.60. The Hall–Kier alpha value is -4.79. The molecule has 0 saturated heterocycles. The Kier molecular flexibility index (Phi) is 8.07. The number of thioether (sulfide) groups is 1. The number of amides is 2. The number of nitrogens with zero attached hydrogens (tertiary/aromatic N) is 1. The number of nitrogens with one attached hydrogen (secondary N) is 2. The van der Waals surface area contributed by atoms with E-state index in [2.05, 4.69) is 34.9 Å². The van der Waals surface area contributed by atoms with Gasteiger partial charge in [-0.3, -0.25) is 9.59 Å². The predicted molar refractivity (Wildman–Crippen MR) is 170 cm³/mol. The number of fused-ring (bicyclic) bond motifs is 1. The van der Waals surface area contributed by atoms with Gasteiger partial charge in [-0.15, -0.1) is 23.1 Å². The lowest BCUT2D eigenvalue weighted by Gasteiger charge is -2.16. The van der Waals surface area contributed by atoms with E-state index in [4.69, 9.17) is 4.98 Å². The second kappa shape index (κ2) is 12.4. The van der Waals surface area contributed by atoms with Crippen LogP contribution in [0.5, 0.6) is 0 Å². The van der Waals surface area contributed by atoms with Gasteiger partial charge >= 0.3 is 0 Å². The van der Waals surface area contributed by atoms with Crippen LogP contribution in [0.4, 0.5) is 15.2 Å². The molecule has 1 heterocycles. The fourth-order valence-electron chi connectivity index (χ4n) is 4.48. The molecular formula is C34H24FN3O2S2. The van der Waals surface area contributed by atoms with E-state index in [1.54, 1.807) is 18.2 Å². The largest absolute Gasteiger partial charge is 0.322 e. The van der Waals surface area contributed by atoms with Crippen LogP contribution in [-0.2, 0) is 4.79 Å². The predicted octanol–water partition coefficient (Wildman–Crippen LogP) is 8.83. The molecule has 0 bridgehead atoms. The summed E-state index contributed by atoms with van der Waals surface area (Å²) in [6.45, 7) is 0. The molecule has 8 heteroatoms. The zero-order chi connectivity index (χ0) is 28.9. The molecule has 5 aromatic carbocycles. The molecule has 0 fully saturated rings. The minimum Gasteiger partial charge on any atom is -0.322 e. The molecule has 42 heavy (non-hydrogen) atoms. The summed E-state index contributed by atoms with van der Waals surface area (Å²) in [5, 5.41) is 9.94. The molecule has 0 saturated carbocycles. The van der Waals surface area contributed by atoms with E-state index >= 15 is 0 Å². The van der Waals surface area contributed by atoms with Crippen molar-refractivity contribution >= 4 is 56.5 Å². The summed E-state index contributed by atoms with van der Waals surface area (Å²) in [5.74, 6) is -1.30. The maximum Gasteiger partial charge on any atom is 0.258 e. The first-order valence-electron chi connectivity index (χ1n) is 13.2. The number of hydrogen-bond acceptors (Lipinski definition) is 5. The van der Waals surface area contributed by atoms with Crippen LogP contribution in [0.1, 0.15) is 21.2 Å². The van der Waals surface area contributed by atoms with Crippen molar-refractivity contribution in [2.24, 2.45) is 0 Å². The number of carbonyl (C=O) groups excluding carboxylic acids is 2. The van der Waals surface area contributed by atoms with Gasteiger partial charge in [0, 0.05) is 21.5 Å².